The second-order valence-electron chi connectivity index (χ2n) is 4.55. The summed E-state index contributed by atoms with van der Waals surface area (Å²) in [5, 5.41) is 9.15. The zero-order chi connectivity index (χ0) is 14.4. The molecule has 0 saturated carbocycles. The Morgan fingerprint density at radius 1 is 1.42 bits per heavy atom. The average molecular weight is 268 g/mol. The van der Waals surface area contributed by atoms with Crippen LogP contribution >= 0.6 is 0 Å². The van der Waals surface area contributed by atoms with E-state index in [1.54, 1.807) is 0 Å². The van der Waals surface area contributed by atoms with Crippen LogP contribution in [0.2, 0.25) is 0 Å². The van der Waals surface area contributed by atoms with E-state index in [0.29, 0.717) is 18.3 Å². The Morgan fingerprint density at radius 2 is 2.05 bits per heavy atom. The summed E-state index contributed by atoms with van der Waals surface area (Å²) in [5.41, 5.74) is -0.0761. The number of nitrogens with zero attached hydrogens (tertiary/aromatic N) is 2. The van der Waals surface area contributed by atoms with Crippen molar-refractivity contribution in [3.63, 3.8) is 0 Å². The second kappa shape index (κ2) is 7.07. The second-order valence-corrected chi connectivity index (χ2v) is 4.55. The molecule has 19 heavy (non-hydrogen) atoms. The highest BCUT2D eigenvalue weighted by Gasteiger charge is 2.19. The van der Waals surface area contributed by atoms with Gasteiger partial charge < -0.3 is 10.0 Å². The third-order valence-corrected chi connectivity index (χ3v) is 3.38. The van der Waals surface area contributed by atoms with Crippen LogP contribution < -0.4 is 4.90 Å². The standard InChI is InChI=1S/C14H21FN2O2/c1-4-10(5-2)9-17(6-3)13-12(14(18)19)7-11(15)8-16-13/h7-8,10H,4-6,9H2,1-3H3,(H,18,19). The Kier molecular flexibility index (Phi) is 5.73. The van der Waals surface area contributed by atoms with E-state index in [0.717, 1.165) is 31.6 Å². The molecular weight excluding hydrogens is 247 g/mol. The van der Waals surface area contributed by atoms with Crippen LogP contribution in [0.4, 0.5) is 10.2 Å². The number of rotatable bonds is 7. The zero-order valence-corrected chi connectivity index (χ0v) is 11.7. The molecule has 0 radical (unpaired) electrons. The SMILES string of the molecule is CCC(CC)CN(CC)c1ncc(F)cc1C(=O)O. The fraction of sp³-hybridized carbons (Fsp3) is 0.571. The van der Waals surface area contributed by atoms with Crippen LogP contribution in [0.3, 0.4) is 0 Å². The molecule has 1 aromatic heterocycles. The molecule has 1 N–H and O–H groups in total. The minimum Gasteiger partial charge on any atom is -0.478 e. The highest BCUT2D eigenvalue weighted by atomic mass is 19.1. The first-order chi connectivity index (χ1) is 9.03. The molecule has 0 bridgehead atoms. The summed E-state index contributed by atoms with van der Waals surface area (Å²) in [6.45, 7) is 7.55. The van der Waals surface area contributed by atoms with Gasteiger partial charge in [-0.05, 0) is 18.9 Å². The highest BCUT2D eigenvalue weighted by molar-refractivity contribution is 5.93. The van der Waals surface area contributed by atoms with Crippen molar-refractivity contribution in [3.8, 4) is 0 Å². The molecule has 0 aliphatic heterocycles. The van der Waals surface area contributed by atoms with Crippen molar-refractivity contribution in [2.24, 2.45) is 5.92 Å². The van der Waals surface area contributed by atoms with Crippen molar-refractivity contribution in [3.05, 3.63) is 23.6 Å². The highest BCUT2D eigenvalue weighted by Crippen LogP contribution is 2.21. The normalized spacial score (nSPS) is 10.8. The van der Waals surface area contributed by atoms with Crippen molar-refractivity contribution >= 4 is 11.8 Å². The van der Waals surface area contributed by atoms with Gasteiger partial charge >= 0.3 is 5.97 Å². The van der Waals surface area contributed by atoms with Crippen molar-refractivity contribution in [2.75, 3.05) is 18.0 Å². The van der Waals surface area contributed by atoms with Gasteiger partial charge in [0.05, 0.1) is 6.20 Å². The smallest absolute Gasteiger partial charge is 0.339 e. The van der Waals surface area contributed by atoms with Crippen LogP contribution in [0.1, 0.15) is 44.0 Å². The van der Waals surface area contributed by atoms with E-state index in [4.69, 9.17) is 5.11 Å². The molecule has 0 amide bonds. The lowest BCUT2D eigenvalue weighted by Gasteiger charge is -2.27. The van der Waals surface area contributed by atoms with Gasteiger partial charge in [-0.3, -0.25) is 0 Å². The quantitative estimate of drug-likeness (QED) is 0.825. The Hall–Kier alpha value is -1.65. The fourth-order valence-electron chi connectivity index (χ4n) is 2.07. The van der Waals surface area contributed by atoms with Crippen molar-refractivity contribution < 1.29 is 14.3 Å². The third-order valence-electron chi connectivity index (χ3n) is 3.38. The first-order valence-corrected chi connectivity index (χ1v) is 6.67. The predicted octanol–water partition coefficient (Wildman–Crippen LogP) is 3.18. The summed E-state index contributed by atoms with van der Waals surface area (Å²) < 4.78 is 13.1. The molecule has 0 aromatic carbocycles. The van der Waals surface area contributed by atoms with Crippen LogP contribution in [0.15, 0.2) is 12.3 Å². The minimum absolute atomic E-state index is 0.0761. The van der Waals surface area contributed by atoms with Crippen molar-refractivity contribution in [2.45, 2.75) is 33.6 Å². The molecule has 0 spiro atoms. The number of aromatic carboxylic acids is 1. The van der Waals surface area contributed by atoms with E-state index in [2.05, 4.69) is 18.8 Å². The Bertz CT molecular complexity index is 433. The first-order valence-electron chi connectivity index (χ1n) is 6.67. The molecule has 0 fully saturated rings. The van der Waals surface area contributed by atoms with E-state index >= 15 is 0 Å². The molecule has 0 saturated heterocycles. The molecule has 0 aliphatic rings. The number of halogens is 1. The number of carboxylic acid groups (broad SMARTS) is 1. The van der Waals surface area contributed by atoms with Crippen LogP contribution in [0.5, 0.6) is 0 Å². The molecule has 0 atom stereocenters. The van der Waals surface area contributed by atoms with E-state index in [1.165, 1.54) is 0 Å². The molecule has 0 aliphatic carbocycles. The largest absolute Gasteiger partial charge is 0.478 e. The average Bonchev–Trinajstić information content (AvgIpc) is 2.40. The molecule has 106 valence electrons. The van der Waals surface area contributed by atoms with Crippen LogP contribution in [0.25, 0.3) is 0 Å². The van der Waals surface area contributed by atoms with Crippen LogP contribution in [0, 0.1) is 11.7 Å². The van der Waals surface area contributed by atoms with E-state index in [-0.39, 0.29) is 5.56 Å². The number of carboxylic acids is 1. The number of pyridine rings is 1. The number of carbonyl (C=O) groups is 1. The topological polar surface area (TPSA) is 53.4 Å². The Labute approximate surface area is 113 Å². The summed E-state index contributed by atoms with van der Waals surface area (Å²) in [7, 11) is 0. The molecule has 0 unspecified atom stereocenters. The van der Waals surface area contributed by atoms with Crippen LogP contribution in [-0.4, -0.2) is 29.1 Å². The van der Waals surface area contributed by atoms with Crippen molar-refractivity contribution in [1.29, 1.82) is 0 Å². The van der Waals surface area contributed by atoms with Gasteiger partial charge in [0.2, 0.25) is 0 Å². The van der Waals surface area contributed by atoms with Gasteiger partial charge in [-0.1, -0.05) is 26.7 Å². The molecule has 4 nitrogen and oxygen atoms in total. The third kappa shape index (κ3) is 3.91. The van der Waals surface area contributed by atoms with E-state index < -0.39 is 11.8 Å². The lowest BCUT2D eigenvalue weighted by Crippen LogP contribution is -2.31. The minimum atomic E-state index is -1.15. The predicted molar refractivity (Wildman–Crippen MR) is 73.1 cm³/mol. The summed E-state index contributed by atoms with van der Waals surface area (Å²) in [5.74, 6) is -0.943. The molecule has 5 heteroatoms. The molecule has 1 aromatic rings. The van der Waals surface area contributed by atoms with Gasteiger partial charge in [0.25, 0.3) is 0 Å². The number of hydrogen-bond donors (Lipinski definition) is 1. The molecular formula is C14H21FN2O2. The van der Waals surface area contributed by atoms with E-state index in [1.807, 2.05) is 11.8 Å². The maximum atomic E-state index is 13.1. The molecule has 1 rings (SSSR count). The summed E-state index contributed by atoms with van der Waals surface area (Å²) in [6, 6.07) is 1.03. The maximum Gasteiger partial charge on any atom is 0.339 e. The van der Waals surface area contributed by atoms with Crippen LogP contribution in [-0.2, 0) is 0 Å². The van der Waals surface area contributed by atoms with E-state index in [9.17, 15) is 9.18 Å². The Morgan fingerprint density at radius 3 is 2.53 bits per heavy atom. The maximum absolute atomic E-state index is 13.1. The van der Waals surface area contributed by atoms with Gasteiger partial charge in [0.15, 0.2) is 0 Å². The lowest BCUT2D eigenvalue weighted by atomic mass is 10.0. The monoisotopic (exact) mass is 268 g/mol. The van der Waals surface area contributed by atoms with Gasteiger partial charge in [-0.25, -0.2) is 14.2 Å². The summed E-state index contributed by atoms with van der Waals surface area (Å²) >= 11 is 0. The van der Waals surface area contributed by atoms with Crippen molar-refractivity contribution in [1.82, 2.24) is 4.98 Å². The number of hydrogen-bond acceptors (Lipinski definition) is 3. The fourth-order valence-corrected chi connectivity index (χ4v) is 2.07. The van der Waals surface area contributed by atoms with Gasteiger partial charge in [-0.15, -0.1) is 0 Å². The lowest BCUT2D eigenvalue weighted by molar-refractivity contribution is 0.0696. The Balaban J connectivity index is 3.07. The van der Waals surface area contributed by atoms with Gasteiger partial charge in [-0.2, -0.15) is 0 Å². The molecule has 1 heterocycles. The number of anilines is 1. The first kappa shape index (κ1) is 15.4. The number of aromatic nitrogens is 1. The summed E-state index contributed by atoms with van der Waals surface area (Å²) in [4.78, 5) is 17.1. The summed E-state index contributed by atoms with van der Waals surface area (Å²) in [6.07, 6.45) is 3.12. The van der Waals surface area contributed by atoms with Gasteiger partial charge in [0.1, 0.15) is 17.2 Å². The zero-order valence-electron chi connectivity index (χ0n) is 11.7. The van der Waals surface area contributed by atoms with Gasteiger partial charge in [0, 0.05) is 13.1 Å².